The molecule has 3 aromatic carbocycles. The van der Waals surface area contributed by atoms with Crippen LogP contribution in [0.1, 0.15) is 29.2 Å². The van der Waals surface area contributed by atoms with Crippen molar-refractivity contribution in [1.29, 1.82) is 0 Å². The molecule has 0 bridgehead atoms. The van der Waals surface area contributed by atoms with E-state index in [1.54, 1.807) is 48.3 Å². The van der Waals surface area contributed by atoms with Crippen molar-refractivity contribution in [2.75, 3.05) is 32.4 Å². The van der Waals surface area contributed by atoms with Crippen LogP contribution in [0.15, 0.2) is 60.7 Å². The van der Waals surface area contributed by atoms with Crippen molar-refractivity contribution in [2.24, 2.45) is 0 Å². The Bertz CT molecular complexity index is 1350. The fourth-order valence-corrected chi connectivity index (χ4v) is 5.33. The summed E-state index contributed by atoms with van der Waals surface area (Å²) in [6, 6.07) is 17.6. The standard InChI is InChI=1S/C29H29Cl4N3O3/c1-35(28(37)13-18-5-7-23(30)25(32)11-18)27(20-3-2-4-21(34)15-20)17-36-10-9-22(16-36)39-29(38)14-19-6-8-24(31)26(33)12-19/h2-8,11-12,15,22,27H,9-10,13-14,16-17,34H2,1H3/t22?,27-/m1/s1. The highest BCUT2D eigenvalue weighted by molar-refractivity contribution is 6.42. The van der Waals surface area contributed by atoms with Crippen LogP contribution in [0.4, 0.5) is 5.69 Å². The minimum Gasteiger partial charge on any atom is -0.461 e. The van der Waals surface area contributed by atoms with E-state index in [0.717, 1.165) is 23.2 Å². The maximum Gasteiger partial charge on any atom is 0.310 e. The van der Waals surface area contributed by atoms with Gasteiger partial charge in [-0.2, -0.15) is 0 Å². The molecule has 10 heteroatoms. The smallest absolute Gasteiger partial charge is 0.310 e. The topological polar surface area (TPSA) is 75.9 Å². The fraction of sp³-hybridized carbons (Fsp3) is 0.310. The van der Waals surface area contributed by atoms with Crippen LogP contribution in [-0.2, 0) is 27.2 Å². The molecule has 1 fully saturated rings. The van der Waals surface area contributed by atoms with Crippen molar-refractivity contribution in [2.45, 2.75) is 31.4 Å². The quantitative estimate of drug-likeness (QED) is 0.222. The average molecular weight is 609 g/mol. The summed E-state index contributed by atoms with van der Waals surface area (Å²) in [5, 5.41) is 1.70. The molecule has 3 aromatic rings. The fourth-order valence-electron chi connectivity index (χ4n) is 4.69. The SMILES string of the molecule is CN(C(=O)Cc1ccc(Cl)c(Cl)c1)[C@H](CN1CCC(OC(=O)Cc2ccc(Cl)c(Cl)c2)C1)c1cccc(N)c1. The van der Waals surface area contributed by atoms with Crippen LogP contribution in [0.5, 0.6) is 0 Å². The van der Waals surface area contributed by atoms with E-state index in [2.05, 4.69) is 4.90 Å². The van der Waals surface area contributed by atoms with Gasteiger partial charge in [0.05, 0.1) is 39.0 Å². The van der Waals surface area contributed by atoms with Gasteiger partial charge >= 0.3 is 5.97 Å². The number of likely N-dealkylation sites (N-methyl/N-ethyl adjacent to an activating group) is 1. The minimum absolute atomic E-state index is 0.0652. The number of rotatable bonds is 9. The van der Waals surface area contributed by atoms with Gasteiger partial charge in [0.15, 0.2) is 0 Å². The zero-order valence-electron chi connectivity index (χ0n) is 21.4. The first-order valence-corrected chi connectivity index (χ1v) is 14.0. The van der Waals surface area contributed by atoms with Crippen molar-refractivity contribution < 1.29 is 14.3 Å². The summed E-state index contributed by atoms with van der Waals surface area (Å²) in [5.41, 5.74) is 9.15. The molecule has 0 aromatic heterocycles. The number of anilines is 1. The van der Waals surface area contributed by atoms with E-state index in [0.29, 0.717) is 45.3 Å². The first kappa shape index (κ1) is 29.5. The molecule has 1 unspecified atom stereocenters. The van der Waals surface area contributed by atoms with Gasteiger partial charge in [-0.1, -0.05) is 70.7 Å². The van der Waals surface area contributed by atoms with Crippen molar-refractivity contribution in [3.05, 3.63) is 97.4 Å². The molecule has 1 heterocycles. The second-order valence-electron chi connectivity index (χ2n) is 9.70. The summed E-state index contributed by atoms with van der Waals surface area (Å²) in [6.45, 7) is 1.87. The second-order valence-corrected chi connectivity index (χ2v) is 11.3. The third-order valence-electron chi connectivity index (χ3n) is 6.79. The molecule has 1 saturated heterocycles. The van der Waals surface area contributed by atoms with E-state index in [1.165, 1.54) is 0 Å². The van der Waals surface area contributed by atoms with Crippen LogP contribution in [0.3, 0.4) is 0 Å². The summed E-state index contributed by atoms with van der Waals surface area (Å²) in [5.74, 6) is -0.383. The van der Waals surface area contributed by atoms with Gasteiger partial charge in [-0.3, -0.25) is 14.5 Å². The Morgan fingerprint density at radius 3 is 2.21 bits per heavy atom. The molecular weight excluding hydrogens is 580 g/mol. The Morgan fingerprint density at radius 1 is 0.949 bits per heavy atom. The predicted octanol–water partition coefficient (Wildman–Crippen LogP) is 6.48. The maximum atomic E-state index is 13.3. The highest BCUT2D eigenvalue weighted by atomic mass is 35.5. The molecule has 4 rings (SSSR count). The molecule has 0 saturated carbocycles. The highest BCUT2D eigenvalue weighted by Gasteiger charge is 2.31. The number of hydrogen-bond donors (Lipinski definition) is 1. The Labute approximate surface area is 248 Å². The molecule has 1 aliphatic heterocycles. The first-order valence-electron chi connectivity index (χ1n) is 12.5. The first-order chi connectivity index (χ1) is 18.6. The molecule has 1 amide bonds. The number of halogens is 4. The zero-order chi connectivity index (χ0) is 28.1. The third kappa shape index (κ3) is 8.03. The lowest BCUT2D eigenvalue weighted by Gasteiger charge is -2.32. The number of nitrogen functional groups attached to an aromatic ring is 1. The van der Waals surface area contributed by atoms with E-state index < -0.39 is 0 Å². The average Bonchev–Trinajstić information content (AvgIpc) is 3.33. The number of nitrogens with zero attached hydrogens (tertiary/aromatic N) is 2. The number of ether oxygens (including phenoxy) is 1. The summed E-state index contributed by atoms with van der Waals surface area (Å²) < 4.78 is 5.75. The van der Waals surface area contributed by atoms with Gasteiger partial charge in [-0.25, -0.2) is 0 Å². The number of benzene rings is 3. The van der Waals surface area contributed by atoms with Gasteiger partial charge in [0.1, 0.15) is 6.10 Å². The summed E-state index contributed by atoms with van der Waals surface area (Å²) >= 11 is 24.2. The molecule has 1 aliphatic rings. The highest BCUT2D eigenvalue weighted by Crippen LogP contribution is 2.28. The van der Waals surface area contributed by atoms with Crippen LogP contribution >= 0.6 is 46.4 Å². The molecule has 2 atom stereocenters. The summed E-state index contributed by atoms with van der Waals surface area (Å²) in [4.78, 5) is 29.8. The van der Waals surface area contributed by atoms with E-state index in [1.807, 2.05) is 24.3 Å². The largest absolute Gasteiger partial charge is 0.461 e. The van der Waals surface area contributed by atoms with Crippen LogP contribution in [-0.4, -0.2) is 54.5 Å². The molecular formula is C29H29Cl4N3O3. The van der Waals surface area contributed by atoms with Gasteiger partial charge in [0.2, 0.25) is 5.91 Å². The normalized spacial score (nSPS) is 16.2. The lowest BCUT2D eigenvalue weighted by Crippen LogP contribution is -2.39. The predicted molar refractivity (Wildman–Crippen MR) is 158 cm³/mol. The zero-order valence-corrected chi connectivity index (χ0v) is 24.4. The van der Waals surface area contributed by atoms with Gasteiger partial charge in [0, 0.05) is 32.4 Å². The van der Waals surface area contributed by atoms with Crippen LogP contribution < -0.4 is 5.73 Å². The van der Waals surface area contributed by atoms with Gasteiger partial charge in [0.25, 0.3) is 0 Å². The van der Waals surface area contributed by atoms with Gasteiger partial charge in [-0.05, 0) is 59.5 Å². The monoisotopic (exact) mass is 607 g/mol. The molecule has 206 valence electrons. The summed E-state index contributed by atoms with van der Waals surface area (Å²) in [7, 11) is 1.79. The van der Waals surface area contributed by atoms with Crippen LogP contribution in [0.2, 0.25) is 20.1 Å². The third-order valence-corrected chi connectivity index (χ3v) is 8.26. The van der Waals surface area contributed by atoms with Gasteiger partial charge < -0.3 is 15.4 Å². The van der Waals surface area contributed by atoms with Crippen molar-refractivity contribution in [1.82, 2.24) is 9.80 Å². The van der Waals surface area contributed by atoms with Crippen molar-refractivity contribution >= 4 is 64.0 Å². The van der Waals surface area contributed by atoms with Crippen molar-refractivity contribution in [3.63, 3.8) is 0 Å². The van der Waals surface area contributed by atoms with Crippen LogP contribution in [0.25, 0.3) is 0 Å². The summed E-state index contributed by atoms with van der Waals surface area (Å²) in [6.07, 6.45) is 0.767. The number of carbonyl (C=O) groups is 2. The Kier molecular flexibility index (Phi) is 10.0. The van der Waals surface area contributed by atoms with E-state index in [9.17, 15) is 9.59 Å². The number of carbonyl (C=O) groups excluding carboxylic acids is 2. The molecule has 0 aliphatic carbocycles. The lowest BCUT2D eigenvalue weighted by molar-refractivity contribution is -0.147. The molecule has 2 N–H and O–H groups in total. The maximum absolute atomic E-state index is 13.3. The van der Waals surface area contributed by atoms with E-state index in [4.69, 9.17) is 56.9 Å². The van der Waals surface area contributed by atoms with E-state index >= 15 is 0 Å². The molecule has 39 heavy (non-hydrogen) atoms. The Hall–Kier alpha value is -2.48. The number of esters is 1. The molecule has 6 nitrogen and oxygen atoms in total. The van der Waals surface area contributed by atoms with Crippen molar-refractivity contribution in [3.8, 4) is 0 Å². The van der Waals surface area contributed by atoms with Gasteiger partial charge in [-0.15, -0.1) is 0 Å². The molecule has 0 spiro atoms. The number of nitrogens with two attached hydrogens (primary N) is 1. The number of amides is 1. The van der Waals surface area contributed by atoms with Crippen LogP contribution in [0, 0.1) is 0 Å². The minimum atomic E-state index is -0.318. The Morgan fingerprint density at radius 2 is 1.59 bits per heavy atom. The number of hydrogen-bond acceptors (Lipinski definition) is 5. The molecule has 0 radical (unpaired) electrons. The number of likely N-dealkylation sites (tertiary alicyclic amines) is 1. The lowest BCUT2D eigenvalue weighted by atomic mass is 10.0. The Balaban J connectivity index is 1.40. The second kappa shape index (κ2) is 13.2. The van der Waals surface area contributed by atoms with E-state index in [-0.39, 0.29) is 36.9 Å².